The second-order valence-electron chi connectivity index (χ2n) is 8.25. The van der Waals surface area contributed by atoms with Crippen LogP contribution in [0.1, 0.15) is 54.6 Å². The molecule has 2 aromatic carbocycles. The number of nitrogens with zero attached hydrogens (tertiary/aromatic N) is 2. The molecule has 0 bridgehead atoms. The zero-order valence-corrected chi connectivity index (χ0v) is 19.8. The monoisotopic (exact) mass is 453 g/mol. The second kappa shape index (κ2) is 10.4. The van der Waals surface area contributed by atoms with Crippen LogP contribution in [0.3, 0.4) is 0 Å². The molecule has 1 saturated carbocycles. The molecule has 1 aliphatic rings. The molecule has 0 aromatic heterocycles. The number of amides is 1. The number of aromatic hydroxyl groups is 1. The van der Waals surface area contributed by atoms with Gasteiger partial charge in [-0.1, -0.05) is 0 Å². The molecule has 0 unspecified atom stereocenters. The third kappa shape index (κ3) is 5.63. The van der Waals surface area contributed by atoms with Gasteiger partial charge in [0.1, 0.15) is 23.0 Å². The molecule has 2 N–H and O–H groups in total. The van der Waals surface area contributed by atoms with Gasteiger partial charge in [0.25, 0.3) is 5.91 Å². The third-order valence-corrected chi connectivity index (χ3v) is 5.74. The van der Waals surface area contributed by atoms with Crippen molar-refractivity contribution < 1.29 is 24.2 Å². The maximum Gasteiger partial charge on any atom is 0.354 e. The van der Waals surface area contributed by atoms with Gasteiger partial charge in [0.05, 0.1) is 17.9 Å². The van der Waals surface area contributed by atoms with E-state index in [0.717, 1.165) is 30.4 Å². The summed E-state index contributed by atoms with van der Waals surface area (Å²) >= 11 is 0. The Balaban J connectivity index is 1.77. The van der Waals surface area contributed by atoms with Crippen LogP contribution in [-0.2, 0) is 9.53 Å². The Kier molecular flexibility index (Phi) is 7.58. The van der Waals surface area contributed by atoms with Crippen molar-refractivity contribution in [3.8, 4) is 17.2 Å². The van der Waals surface area contributed by atoms with Crippen LogP contribution in [0.15, 0.2) is 35.4 Å². The first kappa shape index (κ1) is 24.1. The highest BCUT2D eigenvalue weighted by molar-refractivity contribution is 6.35. The minimum Gasteiger partial charge on any atom is -0.507 e. The molecular weight excluding hydrogens is 422 g/mol. The standard InChI is InChI=1S/C25H31N3O5/c1-6-32-25(31)17(4)26-27-18-12-15(2)23(16(3)13-18)33-20-10-11-22(29)21(14-20)24(30)28(5)19-8-7-9-19/h10-14,19,27,29H,6-9H2,1-5H3. The number of hydrogen-bond donors (Lipinski definition) is 2. The van der Waals surface area contributed by atoms with E-state index in [2.05, 4.69) is 10.5 Å². The van der Waals surface area contributed by atoms with Crippen LogP contribution in [0.2, 0.25) is 0 Å². The van der Waals surface area contributed by atoms with E-state index in [1.807, 2.05) is 26.0 Å². The van der Waals surface area contributed by atoms with Crippen LogP contribution in [0.5, 0.6) is 17.2 Å². The number of aryl methyl sites for hydroxylation is 2. The molecular formula is C25H31N3O5. The molecule has 33 heavy (non-hydrogen) atoms. The predicted octanol–water partition coefficient (Wildman–Crippen LogP) is 4.78. The number of phenolic OH excluding ortho intramolecular Hbond substituents is 1. The van der Waals surface area contributed by atoms with Crippen LogP contribution in [0.4, 0.5) is 5.69 Å². The van der Waals surface area contributed by atoms with Crippen LogP contribution in [0, 0.1) is 13.8 Å². The summed E-state index contributed by atoms with van der Waals surface area (Å²) in [5.74, 6) is 0.343. The molecule has 0 aliphatic heterocycles. The van der Waals surface area contributed by atoms with Crippen molar-refractivity contribution in [2.45, 2.75) is 53.0 Å². The van der Waals surface area contributed by atoms with Gasteiger partial charge in [-0.2, -0.15) is 5.10 Å². The summed E-state index contributed by atoms with van der Waals surface area (Å²) in [7, 11) is 1.77. The van der Waals surface area contributed by atoms with E-state index in [4.69, 9.17) is 9.47 Å². The van der Waals surface area contributed by atoms with E-state index in [0.29, 0.717) is 17.2 Å². The second-order valence-corrected chi connectivity index (χ2v) is 8.25. The fraction of sp³-hybridized carbons (Fsp3) is 0.400. The van der Waals surface area contributed by atoms with Gasteiger partial charge in [0, 0.05) is 13.1 Å². The van der Waals surface area contributed by atoms with Crippen LogP contribution in [-0.4, -0.2) is 47.3 Å². The number of nitrogens with one attached hydrogen (secondary N) is 1. The van der Waals surface area contributed by atoms with E-state index in [1.165, 1.54) is 6.07 Å². The average molecular weight is 454 g/mol. The summed E-state index contributed by atoms with van der Waals surface area (Å²) in [6, 6.07) is 8.60. The number of hydrazone groups is 1. The number of rotatable bonds is 8. The number of esters is 1. The minimum absolute atomic E-state index is 0.0682. The van der Waals surface area contributed by atoms with Crippen molar-refractivity contribution in [3.63, 3.8) is 0 Å². The number of carbonyl (C=O) groups excluding carboxylic acids is 2. The van der Waals surface area contributed by atoms with E-state index >= 15 is 0 Å². The van der Waals surface area contributed by atoms with Crippen molar-refractivity contribution in [1.29, 1.82) is 0 Å². The van der Waals surface area contributed by atoms with Crippen molar-refractivity contribution >= 4 is 23.3 Å². The summed E-state index contributed by atoms with van der Waals surface area (Å²) < 4.78 is 11.0. The van der Waals surface area contributed by atoms with Gasteiger partial charge in [-0.05, 0) is 88.4 Å². The lowest BCUT2D eigenvalue weighted by molar-refractivity contribution is -0.135. The molecule has 1 aliphatic carbocycles. The maximum absolute atomic E-state index is 12.9. The van der Waals surface area contributed by atoms with Crippen molar-refractivity contribution in [2.24, 2.45) is 5.10 Å². The van der Waals surface area contributed by atoms with Gasteiger partial charge in [-0.3, -0.25) is 10.2 Å². The molecule has 0 radical (unpaired) electrons. The SMILES string of the molecule is CCOC(=O)C(C)=NNc1cc(C)c(Oc2ccc(O)c(C(=O)N(C)C3CCC3)c2)c(C)c1. The Morgan fingerprint density at radius 2 is 1.85 bits per heavy atom. The lowest BCUT2D eigenvalue weighted by Gasteiger charge is -2.34. The quantitative estimate of drug-likeness (QED) is 0.339. The zero-order chi connectivity index (χ0) is 24.1. The number of hydrogen-bond acceptors (Lipinski definition) is 7. The number of anilines is 1. The van der Waals surface area contributed by atoms with Crippen LogP contribution >= 0.6 is 0 Å². The summed E-state index contributed by atoms with van der Waals surface area (Å²) in [6.45, 7) is 7.40. The minimum atomic E-state index is -0.473. The van der Waals surface area contributed by atoms with E-state index < -0.39 is 5.97 Å². The lowest BCUT2D eigenvalue weighted by Crippen LogP contribution is -2.41. The molecule has 2 aromatic rings. The first-order valence-electron chi connectivity index (χ1n) is 11.1. The molecule has 176 valence electrons. The summed E-state index contributed by atoms with van der Waals surface area (Å²) in [5, 5.41) is 14.3. The van der Waals surface area contributed by atoms with E-state index in [-0.39, 0.29) is 35.6 Å². The highest BCUT2D eigenvalue weighted by atomic mass is 16.5. The van der Waals surface area contributed by atoms with Gasteiger partial charge < -0.3 is 19.5 Å². The fourth-order valence-corrected chi connectivity index (χ4v) is 3.60. The Morgan fingerprint density at radius 1 is 1.18 bits per heavy atom. The number of benzene rings is 2. The first-order chi connectivity index (χ1) is 15.7. The van der Waals surface area contributed by atoms with Crippen molar-refractivity contribution in [3.05, 3.63) is 47.0 Å². The number of phenols is 1. The molecule has 0 spiro atoms. The highest BCUT2D eigenvalue weighted by Crippen LogP contribution is 2.34. The lowest BCUT2D eigenvalue weighted by atomic mass is 9.91. The van der Waals surface area contributed by atoms with E-state index in [1.54, 1.807) is 37.9 Å². The Labute approximate surface area is 194 Å². The summed E-state index contributed by atoms with van der Waals surface area (Å²) in [5.41, 5.74) is 5.70. The molecule has 3 rings (SSSR count). The topological polar surface area (TPSA) is 100 Å². The molecule has 8 heteroatoms. The van der Waals surface area contributed by atoms with Gasteiger partial charge in [-0.15, -0.1) is 0 Å². The molecule has 1 fully saturated rings. The Bertz CT molecular complexity index is 1050. The highest BCUT2D eigenvalue weighted by Gasteiger charge is 2.28. The summed E-state index contributed by atoms with van der Waals surface area (Å²) in [4.78, 5) is 26.2. The van der Waals surface area contributed by atoms with Crippen LogP contribution in [0.25, 0.3) is 0 Å². The average Bonchev–Trinajstić information content (AvgIpc) is 2.74. The van der Waals surface area contributed by atoms with Gasteiger partial charge in [0.15, 0.2) is 0 Å². The summed E-state index contributed by atoms with van der Waals surface area (Å²) in [6.07, 6.45) is 3.09. The van der Waals surface area contributed by atoms with Gasteiger partial charge >= 0.3 is 5.97 Å². The zero-order valence-electron chi connectivity index (χ0n) is 19.8. The van der Waals surface area contributed by atoms with Crippen molar-refractivity contribution in [2.75, 3.05) is 19.1 Å². The molecule has 0 saturated heterocycles. The third-order valence-electron chi connectivity index (χ3n) is 5.74. The van der Waals surface area contributed by atoms with Crippen molar-refractivity contribution in [1.82, 2.24) is 4.90 Å². The largest absolute Gasteiger partial charge is 0.507 e. The first-order valence-corrected chi connectivity index (χ1v) is 11.1. The van der Waals surface area contributed by atoms with Gasteiger partial charge in [0.2, 0.25) is 0 Å². The predicted molar refractivity (Wildman–Crippen MR) is 127 cm³/mol. The number of carbonyl (C=O) groups is 2. The van der Waals surface area contributed by atoms with Gasteiger partial charge in [-0.25, -0.2) is 4.79 Å². The Hall–Kier alpha value is -3.55. The smallest absolute Gasteiger partial charge is 0.354 e. The molecule has 0 heterocycles. The molecule has 8 nitrogen and oxygen atoms in total. The molecule has 0 atom stereocenters. The Morgan fingerprint density at radius 3 is 2.42 bits per heavy atom. The fourth-order valence-electron chi connectivity index (χ4n) is 3.60. The van der Waals surface area contributed by atoms with E-state index in [9.17, 15) is 14.7 Å². The number of ether oxygens (including phenoxy) is 2. The molecule has 1 amide bonds. The maximum atomic E-state index is 12.9. The normalized spacial score (nSPS) is 13.8. The van der Waals surface area contributed by atoms with Crippen LogP contribution < -0.4 is 10.2 Å².